The average Bonchev–Trinajstić information content (AvgIpc) is 0.877. The lowest BCUT2D eigenvalue weighted by Gasteiger charge is -2.40. The number of rotatable bonds is 20. The minimum atomic E-state index is -0.805. The van der Waals surface area contributed by atoms with Gasteiger partial charge < -0.3 is 31.9 Å². The van der Waals surface area contributed by atoms with E-state index in [0.717, 1.165) is 89.1 Å². The van der Waals surface area contributed by atoms with Gasteiger partial charge in [-0.1, -0.05) is 345 Å². The number of carbonyl (C=O) groups is 11. The van der Waals surface area contributed by atoms with Gasteiger partial charge in [-0.3, -0.25) is 67.8 Å². The van der Waals surface area contributed by atoms with Crippen LogP contribution in [0.1, 0.15) is 407 Å². The fourth-order valence-corrected chi connectivity index (χ4v) is 16.2. The Hall–Kier alpha value is -11.2. The maximum Gasteiger partial charge on any atom is 0.269 e. The molecule has 1 aliphatic heterocycles. The van der Waals surface area contributed by atoms with Crippen molar-refractivity contribution in [1.29, 1.82) is 0 Å². The molecule has 4 atom stereocenters. The highest BCUT2D eigenvalue weighted by Gasteiger charge is 2.46. The number of amides is 1. The van der Waals surface area contributed by atoms with Crippen LogP contribution in [0.15, 0.2) is 176 Å². The summed E-state index contributed by atoms with van der Waals surface area (Å²) in [4.78, 5) is 149. The molecule has 2 fully saturated rings. The number of phenolic OH excluding ortho intramolecular Hbond substituents is 1. The molecule has 3 aliphatic rings. The number of nitrogen functional groups attached to an aromatic ring is 1. The maximum absolute atomic E-state index is 12.8. The third kappa shape index (κ3) is 44.2. The van der Waals surface area contributed by atoms with Crippen LogP contribution in [0.25, 0.3) is 0 Å². The molecule has 147 heavy (non-hydrogen) atoms. The number of nitro benzene ring substituents is 1. The zero-order chi connectivity index (χ0) is 114. The minimum absolute atomic E-state index is 0.0116. The van der Waals surface area contributed by atoms with Gasteiger partial charge in [-0.15, -0.1) is 0 Å². The number of hydrogen-bond donors (Lipinski definition) is 5. The molecule has 2 aliphatic carbocycles. The molecule has 2 aromatic heterocycles. The molecule has 10 rings (SSSR count). The van der Waals surface area contributed by atoms with Gasteiger partial charge in [-0.2, -0.15) is 0 Å². The predicted octanol–water partition coefficient (Wildman–Crippen LogP) is 28.2. The Balaban J connectivity index is 0.000000563. The minimum Gasteiger partial charge on any atom is -0.507 e. The van der Waals surface area contributed by atoms with Crippen molar-refractivity contribution in [3.05, 3.63) is 247 Å². The van der Waals surface area contributed by atoms with Gasteiger partial charge in [0, 0.05) is 137 Å². The molecular weight excluding hydrogens is 1840 g/mol. The number of piperidine rings is 1. The standard InChI is InChI=1S/2C19H30O2.C18H20O.C15H25NO.C13H16N2O4.C11H15NO.C10H14N2O.C10H19NO.C10H16O2/c1-17(2,3)13-10-12(16(21)19(7,8)9)11-14(15(13)20)18(4,5)6;1-14-9-10-15(2)16(13-14)21-12-8-11-19(6,7)17(20)18(3,4)5;1-18(2,3)17(19)16(14-10-6-4-7-11-14)15-12-8-5-9-13-15;1-10(2)12-8-7-11(3)15(16,9-12)13(17)14(4,5)6;1-13(2,3)11(16)8-14-12(17)9-4-6-10(7-5-9)15(18)19;1-8-5-6-9(7-12-8)10(13)11(2,3)4;1-10(2,3)9(13)7-4-5-8(11)12-6-7;1-10(2,3)9(12)8-6-4-5-7-11-8;1-10(2,3)9(12)7-4-5-8(11)6-7/h10-11,20H,1-9H3;9-10,13H,8,11-12H2,1-7H3;4-13,16H,1-3H3;7,12H,1,8-9,16H2,2-6H3;4-7H,8H2,1-3H3,(H,14,17);5-7H,1-4H3;4-6H,1-3H3,(H2,11,12);8,11H,4-7H2,1-3H3;7H,4-6H2,1-3H3/t;;;;;;;;7-/m........1/s1. The molecule has 22 heteroatoms. The first-order valence-corrected chi connectivity index (χ1v) is 51.9. The van der Waals surface area contributed by atoms with Crippen molar-refractivity contribution in [3.8, 4) is 11.5 Å². The van der Waals surface area contributed by atoms with Crippen molar-refractivity contribution < 1.29 is 67.5 Å². The van der Waals surface area contributed by atoms with E-state index in [-0.39, 0.29) is 131 Å². The first kappa shape index (κ1) is 132. The third-order valence-corrected chi connectivity index (χ3v) is 25.4. The lowest BCUT2D eigenvalue weighted by Crippen LogP contribution is -2.56. The quantitative estimate of drug-likeness (QED) is 0.0156. The van der Waals surface area contributed by atoms with Gasteiger partial charge in [-0.25, -0.2) is 4.98 Å². The van der Waals surface area contributed by atoms with E-state index < -0.39 is 32.6 Å². The van der Waals surface area contributed by atoms with Crippen molar-refractivity contribution in [2.24, 2.45) is 71.7 Å². The summed E-state index contributed by atoms with van der Waals surface area (Å²) in [5.74, 6) is 3.26. The number of ketones is 10. The SMILES string of the molecule is C=C(C)C1CC=C(C)C(N)(C(=O)C(C)(C)C)C1.CC(C)(C)C(=O)C(c1ccccc1)c1ccccc1.CC(C)(C)C(=O)C1CCCCN1.CC(C)(C)C(=O)CNC(=O)c1ccc([N+](=O)[O-])cc1.CC(C)(C)C(=O)[C@@H]1CCC(=O)C1.CC(C)(C)C(=O)c1cc(C(C)(C)C)c(O)c(C(C)(C)C)c1.CC(C)(C)C(=O)c1ccc(N)nc1.Cc1ccc(C(=O)C(C)(C)C)cn1.Cc1ccc(C)c(OCCCC(C)(C)C(=O)C(C)(C)C)c1. The smallest absolute Gasteiger partial charge is 0.269 e. The zero-order valence-corrected chi connectivity index (χ0v) is 97.4. The summed E-state index contributed by atoms with van der Waals surface area (Å²) in [6.45, 7) is 83.9. The molecule has 1 saturated carbocycles. The average molecular weight is 2030 g/mol. The Morgan fingerprint density at radius 2 is 1.00 bits per heavy atom. The summed E-state index contributed by atoms with van der Waals surface area (Å²) in [6, 6.07) is 42.4. The van der Waals surface area contributed by atoms with E-state index in [2.05, 4.69) is 107 Å². The number of nitrogens with one attached hydrogen (secondary N) is 2. The van der Waals surface area contributed by atoms with Gasteiger partial charge in [0.05, 0.1) is 35.6 Å². The maximum atomic E-state index is 12.8. The normalized spacial score (nSPS) is 16.1. The lowest BCUT2D eigenvalue weighted by atomic mass is 9.67. The number of ether oxygens (including phenoxy) is 1. The second-order valence-corrected chi connectivity index (χ2v) is 51.7. The molecule has 1 saturated heterocycles. The molecule has 0 bridgehead atoms. The number of anilines is 1. The number of aromatic nitrogens is 2. The van der Waals surface area contributed by atoms with Gasteiger partial charge >= 0.3 is 0 Å². The largest absolute Gasteiger partial charge is 0.507 e. The van der Waals surface area contributed by atoms with Gasteiger partial charge in [0.1, 0.15) is 40.4 Å². The van der Waals surface area contributed by atoms with Crippen molar-refractivity contribution in [1.82, 2.24) is 20.6 Å². The number of allylic oxidation sites excluding steroid dienone is 2. The van der Waals surface area contributed by atoms with Gasteiger partial charge in [0.2, 0.25) is 0 Å². The molecule has 3 unspecified atom stereocenters. The highest BCUT2D eigenvalue weighted by molar-refractivity contribution is 6.02. The molecular formula is C125H185N7O15. The monoisotopic (exact) mass is 2020 g/mol. The Morgan fingerprint density at radius 3 is 1.37 bits per heavy atom. The summed E-state index contributed by atoms with van der Waals surface area (Å²) in [6.07, 6.45) is 14.0. The Bertz CT molecular complexity index is 5460. The number of Topliss-reactive ketones (excluding diaryl/α,β-unsaturated/α-hetero) is 10. The van der Waals surface area contributed by atoms with Crippen molar-refractivity contribution in [3.63, 3.8) is 0 Å². The number of non-ortho nitro benzene ring substituents is 1. The van der Waals surface area contributed by atoms with Gasteiger partial charge in [-0.05, 0) is 180 Å². The van der Waals surface area contributed by atoms with Crippen LogP contribution in [0.4, 0.5) is 11.5 Å². The number of nitro groups is 1. The predicted molar refractivity (Wildman–Crippen MR) is 602 cm³/mol. The number of carbonyl (C=O) groups excluding carboxylic acids is 11. The summed E-state index contributed by atoms with van der Waals surface area (Å²) >= 11 is 0. The number of hydrogen-bond acceptors (Lipinski definition) is 20. The first-order chi connectivity index (χ1) is 66.7. The van der Waals surface area contributed by atoms with Crippen LogP contribution >= 0.6 is 0 Å². The van der Waals surface area contributed by atoms with Crippen LogP contribution in [-0.2, 0) is 44.4 Å². The Morgan fingerprint density at radius 1 is 0.537 bits per heavy atom. The number of nitrogens with two attached hydrogens (primary N) is 2. The van der Waals surface area contributed by atoms with E-state index in [1.807, 2.05) is 286 Å². The van der Waals surface area contributed by atoms with Gasteiger partial charge in [0.15, 0.2) is 34.7 Å². The molecule has 810 valence electrons. The van der Waals surface area contributed by atoms with E-state index >= 15 is 0 Å². The number of benzene rings is 5. The van der Waals surface area contributed by atoms with E-state index in [1.54, 1.807) is 39.1 Å². The van der Waals surface area contributed by atoms with E-state index in [1.165, 1.54) is 48.9 Å². The van der Waals surface area contributed by atoms with E-state index in [0.29, 0.717) is 71.6 Å². The number of aromatic hydroxyl groups is 1. The van der Waals surface area contributed by atoms with Crippen molar-refractivity contribution in [2.45, 2.75) is 369 Å². The van der Waals surface area contributed by atoms with Gasteiger partial charge in [0.25, 0.3) is 11.6 Å². The number of nitrogens with zero attached hydrogens (tertiary/aromatic N) is 3. The molecule has 7 N–H and O–H groups in total. The third-order valence-electron chi connectivity index (χ3n) is 25.4. The summed E-state index contributed by atoms with van der Waals surface area (Å²) in [7, 11) is 0. The topological polar surface area (TPSA) is 362 Å². The zero-order valence-electron chi connectivity index (χ0n) is 97.4. The molecule has 3 heterocycles. The second kappa shape index (κ2) is 54.8. The molecule has 1 amide bonds. The van der Waals surface area contributed by atoms with Crippen LogP contribution in [-0.4, -0.2) is 115 Å². The number of phenols is 1. The summed E-state index contributed by atoms with van der Waals surface area (Å²) in [5, 5.41) is 26.9. The van der Waals surface area contributed by atoms with Crippen LogP contribution < -0.4 is 26.8 Å². The number of aryl methyl sites for hydroxylation is 3. The Kier molecular flexibility index (Phi) is 49.1. The molecule has 22 nitrogen and oxygen atoms in total. The van der Waals surface area contributed by atoms with Crippen molar-refractivity contribution >= 4 is 75.2 Å². The van der Waals surface area contributed by atoms with Crippen LogP contribution in [0.2, 0.25) is 0 Å². The van der Waals surface area contributed by atoms with Crippen molar-refractivity contribution in [2.75, 3.05) is 25.4 Å². The first-order valence-electron chi connectivity index (χ1n) is 51.9. The van der Waals surface area contributed by atoms with Crippen LogP contribution in [0, 0.1) is 96.9 Å². The highest BCUT2D eigenvalue weighted by atomic mass is 16.6. The van der Waals surface area contributed by atoms with Crippen LogP contribution in [0.5, 0.6) is 11.5 Å². The Labute approximate surface area is 883 Å². The molecule has 0 radical (unpaired) electrons. The fraction of sp³-hybridized carbons (Fsp3) is 0.560. The van der Waals surface area contributed by atoms with Crippen LogP contribution in [0.3, 0.4) is 0 Å². The molecule has 0 spiro atoms. The van der Waals surface area contributed by atoms with E-state index in [9.17, 15) is 68.0 Å². The molecule has 7 aromatic rings. The fourth-order valence-electron chi connectivity index (χ4n) is 16.2. The molecule has 5 aromatic carbocycles. The lowest BCUT2D eigenvalue weighted by molar-refractivity contribution is -0.384. The summed E-state index contributed by atoms with van der Waals surface area (Å²) in [5.41, 5.74) is 18.6. The second-order valence-electron chi connectivity index (χ2n) is 51.7. The highest BCUT2D eigenvalue weighted by Crippen LogP contribution is 2.44. The van der Waals surface area contributed by atoms with E-state index in [4.69, 9.17) is 16.2 Å². The number of pyridine rings is 2. The summed E-state index contributed by atoms with van der Waals surface area (Å²) < 4.78 is 5.87.